The van der Waals surface area contributed by atoms with Crippen LogP contribution < -0.4 is 45.1 Å². The van der Waals surface area contributed by atoms with Crippen LogP contribution in [0.1, 0.15) is 48.5 Å². The van der Waals surface area contributed by atoms with E-state index < -0.39 is 29.8 Å². The summed E-state index contributed by atoms with van der Waals surface area (Å²) in [7, 11) is 0. The number of carbonyl (C=O) groups is 5. The molecule has 0 aliphatic heterocycles. The molecule has 12 heteroatoms. The summed E-state index contributed by atoms with van der Waals surface area (Å²) in [4.78, 5) is 44.8. The SMILES string of the molecule is CC(=O)O.CC(=O)O.CC(=O)O.CC(=O)[O-].CC(=O)[O-].CC[NH2+]CC.[Na+]. The van der Waals surface area contributed by atoms with Crippen molar-refractivity contribution in [3.05, 3.63) is 0 Å². The molecule has 0 saturated heterocycles. The van der Waals surface area contributed by atoms with Gasteiger partial charge in [-0.2, -0.15) is 0 Å². The predicted molar refractivity (Wildman–Crippen MR) is 84.3 cm³/mol. The monoisotopic (exact) mass is 395 g/mol. The van der Waals surface area contributed by atoms with Gasteiger partial charge in [0.25, 0.3) is 17.9 Å². The first-order valence-corrected chi connectivity index (χ1v) is 6.83. The summed E-state index contributed by atoms with van der Waals surface area (Å²) in [6.45, 7) is 11.9. The molecular formula is C14H30NNaO10. The van der Waals surface area contributed by atoms with Crippen LogP contribution in [-0.2, 0) is 24.0 Å². The number of carboxylic acid groups (broad SMARTS) is 5. The quantitative estimate of drug-likeness (QED) is 0.326. The van der Waals surface area contributed by atoms with Crippen LogP contribution in [0, 0.1) is 0 Å². The summed E-state index contributed by atoms with van der Waals surface area (Å²) < 4.78 is 0. The van der Waals surface area contributed by atoms with Gasteiger partial charge >= 0.3 is 29.6 Å². The van der Waals surface area contributed by atoms with Crippen LogP contribution in [-0.4, -0.2) is 58.3 Å². The standard InChI is InChI=1S/C4H11N.5C2H4O2.Na/c1-3-5-4-2;5*1-2(3)4;/h5H,3-4H2,1-2H3;5*1H3,(H,3,4);/q;;;;;;+1/p-1. The smallest absolute Gasteiger partial charge is 0.550 e. The van der Waals surface area contributed by atoms with E-state index in [1.807, 2.05) is 0 Å². The van der Waals surface area contributed by atoms with E-state index in [9.17, 15) is 0 Å². The third-order valence-corrected chi connectivity index (χ3v) is 0.577. The summed E-state index contributed by atoms with van der Waals surface area (Å²) in [5.41, 5.74) is 0. The molecule has 0 saturated carbocycles. The Bertz CT molecular complexity index is 257. The number of quaternary nitrogens is 1. The maximum atomic E-state index is 9.00. The second kappa shape index (κ2) is 43.6. The molecule has 0 aromatic rings. The van der Waals surface area contributed by atoms with Crippen molar-refractivity contribution >= 4 is 29.8 Å². The van der Waals surface area contributed by atoms with E-state index in [1.165, 1.54) is 13.1 Å². The van der Waals surface area contributed by atoms with Crippen molar-refractivity contribution in [2.24, 2.45) is 0 Å². The number of carbonyl (C=O) groups excluding carboxylic acids is 2. The molecule has 0 unspecified atom stereocenters. The molecule has 0 aromatic heterocycles. The molecule has 152 valence electrons. The molecule has 0 aliphatic rings. The topological polar surface area (TPSA) is 209 Å². The Kier molecular flexibility index (Phi) is 73.9. The third-order valence-electron chi connectivity index (χ3n) is 0.577. The van der Waals surface area contributed by atoms with Gasteiger partial charge in [-0.15, -0.1) is 0 Å². The minimum absolute atomic E-state index is 0. The van der Waals surface area contributed by atoms with Crippen molar-refractivity contribution in [3.8, 4) is 0 Å². The molecule has 0 amide bonds. The van der Waals surface area contributed by atoms with Crippen molar-refractivity contribution in [2.45, 2.75) is 48.5 Å². The van der Waals surface area contributed by atoms with Gasteiger partial charge in [0.2, 0.25) is 0 Å². The van der Waals surface area contributed by atoms with E-state index in [1.54, 1.807) is 0 Å². The van der Waals surface area contributed by atoms with E-state index in [4.69, 9.17) is 49.5 Å². The Hall–Kier alpha value is -1.69. The van der Waals surface area contributed by atoms with Crippen LogP contribution in [0.25, 0.3) is 0 Å². The largest absolute Gasteiger partial charge is 1.00 e. The zero-order valence-electron chi connectivity index (χ0n) is 16.7. The van der Waals surface area contributed by atoms with Crippen molar-refractivity contribution < 1.29 is 84.4 Å². The van der Waals surface area contributed by atoms with Crippen LogP contribution in [0.5, 0.6) is 0 Å². The van der Waals surface area contributed by atoms with E-state index in [0.717, 1.165) is 34.6 Å². The Balaban J connectivity index is -0.0000000331. The summed E-state index contributed by atoms with van der Waals surface area (Å²) in [5, 5.41) is 42.3. The zero-order valence-corrected chi connectivity index (χ0v) is 18.7. The molecule has 0 spiro atoms. The molecule has 0 aliphatic carbocycles. The van der Waals surface area contributed by atoms with Crippen molar-refractivity contribution in [2.75, 3.05) is 13.1 Å². The van der Waals surface area contributed by atoms with Gasteiger partial charge in [-0.05, 0) is 27.7 Å². The van der Waals surface area contributed by atoms with Gasteiger partial charge in [0.15, 0.2) is 0 Å². The second-order valence-corrected chi connectivity index (χ2v) is 3.65. The number of carboxylic acids is 5. The average Bonchev–Trinajstić information content (AvgIpc) is 2.25. The fourth-order valence-corrected chi connectivity index (χ4v) is 0.289. The molecule has 0 heterocycles. The van der Waals surface area contributed by atoms with Gasteiger partial charge in [-0.3, -0.25) is 14.4 Å². The maximum absolute atomic E-state index is 9.00. The number of hydrogen-bond acceptors (Lipinski definition) is 7. The van der Waals surface area contributed by atoms with E-state index in [2.05, 4.69) is 19.2 Å². The minimum Gasteiger partial charge on any atom is -0.550 e. The number of rotatable bonds is 2. The van der Waals surface area contributed by atoms with Gasteiger partial charge < -0.3 is 40.4 Å². The van der Waals surface area contributed by atoms with Crippen LogP contribution in [0.2, 0.25) is 0 Å². The average molecular weight is 395 g/mol. The molecule has 11 nitrogen and oxygen atoms in total. The molecule has 0 rings (SSSR count). The minimum atomic E-state index is -1.08. The van der Waals surface area contributed by atoms with E-state index >= 15 is 0 Å². The Morgan fingerprint density at radius 1 is 0.654 bits per heavy atom. The molecule has 5 N–H and O–H groups in total. The van der Waals surface area contributed by atoms with Gasteiger partial charge in [-0.25, -0.2) is 0 Å². The molecular weight excluding hydrogens is 365 g/mol. The number of nitrogens with two attached hydrogens (primary N) is 1. The van der Waals surface area contributed by atoms with Gasteiger partial charge in [0, 0.05) is 32.7 Å². The predicted octanol–water partition coefficient (Wildman–Crippen LogP) is -5.62. The van der Waals surface area contributed by atoms with Crippen molar-refractivity contribution in [1.29, 1.82) is 0 Å². The van der Waals surface area contributed by atoms with E-state index in [0.29, 0.717) is 0 Å². The molecule has 0 radical (unpaired) electrons. The normalized spacial score (nSPS) is 6.42. The number of hydrogen-bond donors (Lipinski definition) is 4. The summed E-state index contributed by atoms with van der Waals surface area (Å²) >= 11 is 0. The Morgan fingerprint density at radius 2 is 0.731 bits per heavy atom. The first-order chi connectivity index (χ1) is 11.1. The summed E-state index contributed by atoms with van der Waals surface area (Å²) in [6, 6.07) is 0. The van der Waals surface area contributed by atoms with Crippen LogP contribution >= 0.6 is 0 Å². The van der Waals surface area contributed by atoms with Crippen molar-refractivity contribution in [1.82, 2.24) is 0 Å². The fraction of sp³-hybridized carbons (Fsp3) is 0.643. The van der Waals surface area contributed by atoms with Crippen molar-refractivity contribution in [3.63, 3.8) is 0 Å². The van der Waals surface area contributed by atoms with Gasteiger partial charge in [0.05, 0.1) is 13.1 Å². The second-order valence-electron chi connectivity index (χ2n) is 3.65. The molecule has 0 atom stereocenters. The molecule has 0 bridgehead atoms. The van der Waals surface area contributed by atoms with Crippen LogP contribution in [0.4, 0.5) is 0 Å². The molecule has 26 heavy (non-hydrogen) atoms. The van der Waals surface area contributed by atoms with Gasteiger partial charge in [-0.1, -0.05) is 0 Å². The van der Waals surface area contributed by atoms with E-state index in [-0.39, 0.29) is 29.6 Å². The summed E-state index contributed by atoms with van der Waals surface area (Å²) in [5.74, 6) is -4.67. The Labute approximate surface area is 175 Å². The first-order valence-electron chi connectivity index (χ1n) is 6.83. The number of aliphatic carboxylic acids is 5. The molecule has 0 fully saturated rings. The Morgan fingerprint density at radius 3 is 0.731 bits per heavy atom. The maximum Gasteiger partial charge on any atom is 1.00 e. The zero-order chi connectivity index (χ0) is 22.0. The third kappa shape index (κ3) is 105000. The van der Waals surface area contributed by atoms with Gasteiger partial charge in [0.1, 0.15) is 0 Å². The molecule has 0 aromatic carbocycles. The summed E-state index contributed by atoms with van der Waals surface area (Å²) in [6.07, 6.45) is 0. The van der Waals surface area contributed by atoms with Crippen LogP contribution in [0.3, 0.4) is 0 Å². The first kappa shape index (κ1) is 44.1. The fourth-order valence-electron chi connectivity index (χ4n) is 0.289. The van der Waals surface area contributed by atoms with Crippen LogP contribution in [0.15, 0.2) is 0 Å².